The Balaban J connectivity index is 0.000000376. The molecule has 24 heteroatoms. The fourth-order valence-corrected chi connectivity index (χ4v) is 5.49. The molecule has 60 heavy (non-hydrogen) atoms. The van der Waals surface area contributed by atoms with Crippen LogP contribution in [0.2, 0.25) is 0 Å². The number of carboxylic acids is 1. The summed E-state index contributed by atoms with van der Waals surface area (Å²) in [6.45, 7) is 5.11. The summed E-state index contributed by atoms with van der Waals surface area (Å²) in [5.41, 5.74) is 1.49. The SMILES string of the molecule is CCO.CCOC(=O)CC1OB(O)c2cc(Oc3cnccn3)cc(OCC#N)c21.CCOC(=O)COc1cc(Oc2cnccn2)cc2c1C(CC(=O)O)OB2O.[Li+].[OH-]. The van der Waals surface area contributed by atoms with Crippen molar-refractivity contribution in [1.82, 2.24) is 19.9 Å². The number of ether oxygens (including phenoxy) is 6. The number of aliphatic carboxylic acids is 1. The minimum atomic E-state index is -1.37. The monoisotopic (exact) mass is 827 g/mol. The first kappa shape index (κ1) is 50.3. The van der Waals surface area contributed by atoms with E-state index in [1.807, 2.05) is 6.07 Å². The normalized spacial score (nSPS) is 14.1. The van der Waals surface area contributed by atoms with Gasteiger partial charge in [0.25, 0.3) is 0 Å². The van der Waals surface area contributed by atoms with Crippen molar-refractivity contribution < 1.29 is 96.7 Å². The molecule has 0 radical (unpaired) electrons. The Kier molecular flexibility index (Phi) is 21.5. The Morgan fingerprint density at radius 3 is 1.67 bits per heavy atom. The third-order valence-corrected chi connectivity index (χ3v) is 7.54. The van der Waals surface area contributed by atoms with E-state index >= 15 is 0 Å². The van der Waals surface area contributed by atoms with E-state index < -0.39 is 51.0 Å². The third kappa shape index (κ3) is 14.5. The van der Waals surface area contributed by atoms with E-state index in [0.717, 1.165) is 0 Å². The van der Waals surface area contributed by atoms with Crippen molar-refractivity contribution in [2.45, 2.75) is 45.8 Å². The van der Waals surface area contributed by atoms with Crippen LogP contribution in [0.3, 0.4) is 0 Å². The molecule has 2 atom stereocenters. The number of carbonyl (C=O) groups is 3. The molecule has 2 aromatic carbocycles. The summed E-state index contributed by atoms with van der Waals surface area (Å²) in [6.07, 6.45) is 6.57. The molecule has 0 saturated heterocycles. The van der Waals surface area contributed by atoms with Gasteiger partial charge in [-0.2, -0.15) is 5.26 Å². The second-order valence-electron chi connectivity index (χ2n) is 11.6. The van der Waals surface area contributed by atoms with E-state index in [4.69, 9.17) is 53.2 Å². The number of aromatic nitrogens is 4. The van der Waals surface area contributed by atoms with Gasteiger partial charge in [-0.15, -0.1) is 0 Å². The standard InChI is InChI=1S/C17H16BN3O6.C17H17BN2O8.C2H6O.Li.H2O/c1-2-24-16(22)9-14-17-12(18(23)27-14)7-11(8-13(17)25-6-3-19)26-15-10-20-4-5-21-15;1-2-25-16(23)9-26-12-6-10(27-14-8-19-3-4-20-14)5-11-17(12)13(7-15(21)22)28-18(11)24;1-2-3;;/h4-5,7-8,10,14,23H,2,6,9H2,1H3;3-6,8,13,24H,2,7,9H2,1H3,(H,21,22);3H,2H2,1H3;;1H2/q;;;+1;/p-1. The Hall–Kier alpha value is -5.81. The molecule has 2 aliphatic heterocycles. The molecule has 4 aromatic rings. The van der Waals surface area contributed by atoms with Crippen LogP contribution in [0.15, 0.2) is 61.4 Å². The molecule has 2 unspecified atom stereocenters. The summed E-state index contributed by atoms with van der Waals surface area (Å²) in [7, 11) is -2.64. The first-order valence-corrected chi connectivity index (χ1v) is 17.7. The van der Waals surface area contributed by atoms with E-state index in [9.17, 15) is 24.4 Å². The van der Waals surface area contributed by atoms with Gasteiger partial charge in [0.2, 0.25) is 11.8 Å². The van der Waals surface area contributed by atoms with Crippen LogP contribution in [0, 0.1) is 11.3 Å². The third-order valence-electron chi connectivity index (χ3n) is 7.54. The van der Waals surface area contributed by atoms with Crippen LogP contribution in [0.25, 0.3) is 0 Å². The number of esters is 2. The van der Waals surface area contributed by atoms with Gasteiger partial charge in [-0.25, -0.2) is 14.8 Å². The van der Waals surface area contributed by atoms with Crippen LogP contribution < -0.4 is 48.7 Å². The zero-order chi connectivity index (χ0) is 42.0. The minimum Gasteiger partial charge on any atom is -0.870 e. The first-order valence-electron chi connectivity index (χ1n) is 17.7. The van der Waals surface area contributed by atoms with E-state index in [1.165, 1.54) is 49.3 Å². The molecule has 0 aliphatic carbocycles. The number of nitrogens with zero attached hydrogens (tertiary/aromatic N) is 5. The van der Waals surface area contributed by atoms with E-state index in [2.05, 4.69) is 19.9 Å². The van der Waals surface area contributed by atoms with Gasteiger partial charge in [0.05, 0.1) is 50.7 Å². The molecule has 0 spiro atoms. The predicted molar refractivity (Wildman–Crippen MR) is 201 cm³/mol. The number of hydrogen-bond donors (Lipinski definition) is 4. The Bertz CT molecular complexity index is 2040. The number of hydrogen-bond acceptors (Lipinski definition) is 20. The zero-order valence-electron chi connectivity index (χ0n) is 33.0. The molecule has 2 aliphatic rings. The average molecular weight is 827 g/mol. The molecule has 0 bridgehead atoms. The smallest absolute Gasteiger partial charge is 0.870 e. The minimum absolute atomic E-state index is 0. The topological polar surface area (TPSA) is 311 Å². The average Bonchev–Trinajstić information content (AvgIpc) is 3.68. The van der Waals surface area contributed by atoms with Crippen molar-refractivity contribution >= 4 is 43.1 Å². The number of aliphatic hydroxyl groups is 1. The summed E-state index contributed by atoms with van der Waals surface area (Å²) < 4.78 is 42.8. The molecular formula is C36H40B2LiN5O16. The van der Waals surface area contributed by atoms with Crippen LogP contribution >= 0.6 is 0 Å². The largest absolute Gasteiger partial charge is 1.00 e. The van der Waals surface area contributed by atoms with Gasteiger partial charge in [-0.1, -0.05) is 0 Å². The van der Waals surface area contributed by atoms with Gasteiger partial charge in [0.15, 0.2) is 13.2 Å². The summed E-state index contributed by atoms with van der Waals surface area (Å²) in [5, 5.41) is 46.0. The summed E-state index contributed by atoms with van der Waals surface area (Å²) >= 11 is 0. The van der Waals surface area contributed by atoms with Crippen LogP contribution in [-0.2, 0) is 33.2 Å². The Morgan fingerprint density at radius 2 is 1.23 bits per heavy atom. The summed E-state index contributed by atoms with van der Waals surface area (Å²) in [4.78, 5) is 50.4. The van der Waals surface area contributed by atoms with Gasteiger partial charge < -0.3 is 63.5 Å². The summed E-state index contributed by atoms with van der Waals surface area (Å²) in [5.74, 6) is -0.723. The number of carbonyl (C=O) groups excluding carboxylic acids is 2. The molecule has 0 saturated carbocycles. The first-order chi connectivity index (χ1) is 28.0. The fourth-order valence-electron chi connectivity index (χ4n) is 5.49. The zero-order valence-corrected chi connectivity index (χ0v) is 33.0. The molecule has 6 rings (SSSR count). The molecule has 21 nitrogen and oxygen atoms in total. The van der Waals surface area contributed by atoms with Gasteiger partial charge in [-0.3, -0.25) is 19.6 Å². The van der Waals surface area contributed by atoms with Gasteiger partial charge in [-0.05, 0) is 43.8 Å². The van der Waals surface area contributed by atoms with Crippen molar-refractivity contribution in [3.63, 3.8) is 0 Å². The maximum atomic E-state index is 11.8. The maximum absolute atomic E-state index is 11.8. The van der Waals surface area contributed by atoms with Gasteiger partial charge in [0, 0.05) is 54.7 Å². The van der Waals surface area contributed by atoms with E-state index in [0.29, 0.717) is 22.3 Å². The fraction of sp³-hybridized carbons (Fsp3) is 0.333. The molecule has 0 amide bonds. The number of aliphatic hydroxyl groups excluding tert-OH is 1. The van der Waals surface area contributed by atoms with Crippen molar-refractivity contribution in [1.29, 1.82) is 5.26 Å². The Morgan fingerprint density at radius 1 is 0.767 bits per heavy atom. The predicted octanol–water partition coefficient (Wildman–Crippen LogP) is -1.85. The number of nitriles is 1. The van der Waals surface area contributed by atoms with Crippen molar-refractivity contribution in [2.24, 2.45) is 0 Å². The number of benzene rings is 2. The van der Waals surface area contributed by atoms with Crippen molar-refractivity contribution in [3.05, 3.63) is 72.6 Å². The van der Waals surface area contributed by atoms with E-state index in [1.54, 1.807) is 32.9 Å². The molecule has 312 valence electrons. The van der Waals surface area contributed by atoms with Crippen molar-refractivity contribution in [3.8, 4) is 40.8 Å². The number of fused-ring (bicyclic) bond motifs is 2. The van der Waals surface area contributed by atoms with Crippen LogP contribution in [0.4, 0.5) is 0 Å². The second kappa shape index (κ2) is 25.6. The van der Waals surface area contributed by atoms with Crippen molar-refractivity contribution in [2.75, 3.05) is 33.0 Å². The molecule has 4 heterocycles. The van der Waals surface area contributed by atoms with Crippen LogP contribution in [-0.4, -0.2) is 111 Å². The number of carboxylic acid groups (broad SMARTS) is 1. The van der Waals surface area contributed by atoms with Gasteiger partial charge >= 0.3 is 51.0 Å². The Labute approximate surface area is 356 Å². The quantitative estimate of drug-likeness (QED) is 0.0755. The summed E-state index contributed by atoms with van der Waals surface area (Å²) in [6, 6.07) is 7.95. The molecular weight excluding hydrogens is 787 g/mol. The van der Waals surface area contributed by atoms with E-state index in [-0.39, 0.29) is 98.1 Å². The second-order valence-corrected chi connectivity index (χ2v) is 11.6. The van der Waals surface area contributed by atoms with Crippen LogP contribution in [0.1, 0.15) is 56.9 Å². The molecule has 5 N–H and O–H groups in total. The molecule has 2 aromatic heterocycles. The van der Waals surface area contributed by atoms with Crippen LogP contribution in [0.5, 0.6) is 34.8 Å². The van der Waals surface area contributed by atoms with Gasteiger partial charge in [0.1, 0.15) is 29.1 Å². The molecule has 0 fully saturated rings. The maximum Gasteiger partial charge on any atom is 1.00 e. The number of rotatable bonds is 15.